The van der Waals surface area contributed by atoms with Gasteiger partial charge in [-0.15, -0.1) is 11.8 Å². The minimum Gasteiger partial charge on any atom is -0.324 e. The number of allylic oxidation sites excluding steroid dienone is 1. The van der Waals surface area contributed by atoms with Gasteiger partial charge in [-0.2, -0.15) is 0 Å². The summed E-state index contributed by atoms with van der Waals surface area (Å²) in [7, 11) is 0. The molecule has 1 aromatic carbocycles. The molecule has 1 atom stereocenters. The van der Waals surface area contributed by atoms with Crippen LogP contribution in [-0.2, 0) is 9.59 Å². The van der Waals surface area contributed by atoms with E-state index >= 15 is 0 Å². The third-order valence-electron chi connectivity index (χ3n) is 4.07. The van der Waals surface area contributed by atoms with Crippen LogP contribution < -0.4 is 5.32 Å². The Kier molecular flexibility index (Phi) is 5.88. The quantitative estimate of drug-likeness (QED) is 0.859. The molecule has 1 aliphatic heterocycles. The smallest absolute Gasteiger partial charge is 0.250 e. The van der Waals surface area contributed by atoms with E-state index in [1.54, 1.807) is 16.7 Å². The van der Waals surface area contributed by atoms with Crippen LogP contribution in [0.2, 0.25) is 0 Å². The Morgan fingerprint density at radius 2 is 2.09 bits per heavy atom. The Morgan fingerprint density at radius 1 is 1.35 bits per heavy atom. The molecular formula is C18H24N2O2S. The summed E-state index contributed by atoms with van der Waals surface area (Å²) in [5, 5.41) is 2.94. The molecule has 0 spiro atoms. The van der Waals surface area contributed by atoms with E-state index in [0.29, 0.717) is 17.2 Å². The number of carbonyl (C=O) groups is 2. The number of benzene rings is 1. The van der Waals surface area contributed by atoms with Gasteiger partial charge in [0.2, 0.25) is 5.91 Å². The van der Waals surface area contributed by atoms with Crippen molar-refractivity contribution in [2.24, 2.45) is 0 Å². The van der Waals surface area contributed by atoms with Crippen molar-refractivity contribution in [3.63, 3.8) is 0 Å². The van der Waals surface area contributed by atoms with E-state index in [1.807, 2.05) is 52.0 Å². The second-order valence-electron chi connectivity index (χ2n) is 5.87. The summed E-state index contributed by atoms with van der Waals surface area (Å²) in [6.07, 6.45) is 2.72. The van der Waals surface area contributed by atoms with Gasteiger partial charge in [0.15, 0.2) is 0 Å². The second-order valence-corrected chi connectivity index (χ2v) is 6.87. The molecule has 0 saturated carbocycles. The van der Waals surface area contributed by atoms with Gasteiger partial charge in [0.1, 0.15) is 6.04 Å². The Balaban J connectivity index is 2.10. The molecule has 1 aliphatic rings. The minimum atomic E-state index is -0.408. The van der Waals surface area contributed by atoms with Crippen molar-refractivity contribution in [3.05, 3.63) is 41.0 Å². The van der Waals surface area contributed by atoms with Gasteiger partial charge in [-0.05, 0) is 50.5 Å². The molecule has 4 nitrogen and oxygen atoms in total. The summed E-state index contributed by atoms with van der Waals surface area (Å²) in [5.74, 6) is 1.05. The summed E-state index contributed by atoms with van der Waals surface area (Å²) in [6, 6.07) is 5.44. The fourth-order valence-electron chi connectivity index (χ4n) is 2.52. The zero-order valence-electron chi connectivity index (χ0n) is 14.2. The lowest BCUT2D eigenvalue weighted by atomic mass is 10.1. The molecule has 2 amide bonds. The number of rotatable bonds is 4. The zero-order valence-corrected chi connectivity index (χ0v) is 15.0. The molecule has 124 valence electrons. The maximum absolute atomic E-state index is 12.6. The van der Waals surface area contributed by atoms with Crippen molar-refractivity contribution < 1.29 is 9.59 Å². The Hall–Kier alpha value is -1.75. The van der Waals surface area contributed by atoms with Crippen molar-refractivity contribution in [2.75, 3.05) is 16.9 Å². The maximum Gasteiger partial charge on any atom is 0.250 e. The SMILES string of the molecule is CCC=C(C)C(=O)N1CSCC1C(=O)Nc1ccc(C)c(C)c1. The number of anilines is 1. The number of thioether (sulfide) groups is 1. The van der Waals surface area contributed by atoms with E-state index in [1.165, 1.54) is 5.56 Å². The van der Waals surface area contributed by atoms with Gasteiger partial charge in [-0.25, -0.2) is 0 Å². The van der Waals surface area contributed by atoms with Crippen LogP contribution in [0.1, 0.15) is 31.4 Å². The Bertz CT molecular complexity index is 640. The number of aryl methyl sites for hydroxylation is 2. The third-order valence-corrected chi connectivity index (χ3v) is 5.08. The van der Waals surface area contributed by atoms with Gasteiger partial charge >= 0.3 is 0 Å². The van der Waals surface area contributed by atoms with Gasteiger partial charge in [0.25, 0.3) is 5.91 Å². The minimum absolute atomic E-state index is 0.0444. The summed E-state index contributed by atoms with van der Waals surface area (Å²) >= 11 is 1.62. The number of nitrogens with zero attached hydrogens (tertiary/aromatic N) is 1. The number of carbonyl (C=O) groups excluding carboxylic acids is 2. The molecule has 1 aromatic rings. The zero-order chi connectivity index (χ0) is 17.0. The molecule has 2 rings (SSSR count). The molecule has 5 heteroatoms. The Morgan fingerprint density at radius 3 is 2.74 bits per heavy atom. The average molecular weight is 332 g/mol. The van der Waals surface area contributed by atoms with E-state index in [9.17, 15) is 9.59 Å². The van der Waals surface area contributed by atoms with Crippen LogP contribution in [0.5, 0.6) is 0 Å². The predicted octanol–water partition coefficient (Wildman–Crippen LogP) is 3.50. The van der Waals surface area contributed by atoms with Gasteiger partial charge < -0.3 is 10.2 Å². The lowest BCUT2D eigenvalue weighted by molar-refractivity contribution is -0.133. The molecule has 1 N–H and O–H groups in total. The number of hydrogen-bond acceptors (Lipinski definition) is 3. The largest absolute Gasteiger partial charge is 0.324 e. The van der Waals surface area contributed by atoms with Gasteiger partial charge in [0.05, 0.1) is 5.88 Å². The van der Waals surface area contributed by atoms with Crippen LogP contribution in [-0.4, -0.2) is 34.4 Å². The van der Waals surface area contributed by atoms with Gasteiger partial charge in [-0.1, -0.05) is 19.1 Å². The molecule has 1 unspecified atom stereocenters. The standard InChI is InChI=1S/C18H24N2O2S/c1-5-6-13(3)18(22)20-11-23-10-16(20)17(21)19-15-8-7-12(2)14(4)9-15/h6-9,16H,5,10-11H2,1-4H3,(H,19,21). The van der Waals surface area contributed by atoms with E-state index < -0.39 is 6.04 Å². The fraction of sp³-hybridized carbons (Fsp3) is 0.444. The summed E-state index contributed by atoms with van der Waals surface area (Å²) < 4.78 is 0. The monoisotopic (exact) mass is 332 g/mol. The molecule has 1 saturated heterocycles. The molecule has 23 heavy (non-hydrogen) atoms. The summed E-state index contributed by atoms with van der Waals surface area (Å²) in [5.41, 5.74) is 3.82. The number of hydrogen-bond donors (Lipinski definition) is 1. The van der Waals surface area contributed by atoms with Gasteiger partial charge in [-0.3, -0.25) is 9.59 Å². The molecule has 0 aromatic heterocycles. The number of amides is 2. The van der Waals surface area contributed by atoms with Crippen LogP contribution in [0.25, 0.3) is 0 Å². The van der Waals surface area contributed by atoms with Crippen molar-refractivity contribution in [1.82, 2.24) is 4.90 Å². The van der Waals surface area contributed by atoms with Crippen LogP contribution in [0.15, 0.2) is 29.8 Å². The fourth-order valence-corrected chi connectivity index (χ4v) is 3.68. The molecule has 0 aliphatic carbocycles. The summed E-state index contributed by atoms with van der Waals surface area (Å²) in [6.45, 7) is 7.87. The highest BCUT2D eigenvalue weighted by Gasteiger charge is 2.35. The van der Waals surface area contributed by atoms with E-state index in [2.05, 4.69) is 5.32 Å². The van der Waals surface area contributed by atoms with Crippen LogP contribution >= 0.6 is 11.8 Å². The maximum atomic E-state index is 12.6. The third kappa shape index (κ3) is 4.16. The van der Waals surface area contributed by atoms with E-state index in [-0.39, 0.29) is 11.8 Å². The molecular weight excluding hydrogens is 308 g/mol. The Labute approximate surface area is 142 Å². The highest BCUT2D eigenvalue weighted by Crippen LogP contribution is 2.24. The first-order valence-corrected chi connectivity index (χ1v) is 9.03. The first kappa shape index (κ1) is 17.6. The predicted molar refractivity (Wildman–Crippen MR) is 96.6 cm³/mol. The normalized spacial score (nSPS) is 18.2. The number of nitrogens with one attached hydrogen (secondary N) is 1. The lowest BCUT2D eigenvalue weighted by Crippen LogP contribution is -2.44. The van der Waals surface area contributed by atoms with Gasteiger partial charge in [0, 0.05) is 17.0 Å². The first-order valence-electron chi connectivity index (χ1n) is 7.87. The van der Waals surface area contributed by atoms with E-state index in [0.717, 1.165) is 17.7 Å². The average Bonchev–Trinajstić information content (AvgIpc) is 3.00. The van der Waals surface area contributed by atoms with Crippen molar-refractivity contribution in [3.8, 4) is 0 Å². The topological polar surface area (TPSA) is 49.4 Å². The molecule has 1 heterocycles. The summed E-state index contributed by atoms with van der Waals surface area (Å²) in [4.78, 5) is 26.7. The molecule has 1 fully saturated rings. The van der Waals surface area contributed by atoms with Crippen molar-refractivity contribution >= 4 is 29.3 Å². The van der Waals surface area contributed by atoms with Crippen molar-refractivity contribution in [2.45, 2.75) is 40.2 Å². The highest BCUT2D eigenvalue weighted by atomic mass is 32.2. The highest BCUT2D eigenvalue weighted by molar-refractivity contribution is 7.99. The molecule has 0 bridgehead atoms. The first-order chi connectivity index (χ1) is 10.9. The van der Waals surface area contributed by atoms with Crippen LogP contribution in [0.4, 0.5) is 5.69 Å². The van der Waals surface area contributed by atoms with Crippen molar-refractivity contribution in [1.29, 1.82) is 0 Å². The second kappa shape index (κ2) is 7.68. The van der Waals surface area contributed by atoms with Crippen LogP contribution in [0.3, 0.4) is 0 Å². The molecule has 0 radical (unpaired) electrons. The lowest BCUT2D eigenvalue weighted by Gasteiger charge is -2.23. The van der Waals surface area contributed by atoms with E-state index in [4.69, 9.17) is 0 Å². The van der Waals surface area contributed by atoms with Crippen LogP contribution in [0, 0.1) is 13.8 Å².